The molecule has 0 nitrogen and oxygen atoms in total. The molecule has 0 unspecified atom stereocenters. The Balaban J connectivity index is 2.29. The highest BCUT2D eigenvalue weighted by molar-refractivity contribution is 9.10. The van der Waals surface area contributed by atoms with E-state index in [0.717, 1.165) is 4.47 Å². The molecule has 0 aliphatic rings. The fourth-order valence-electron chi connectivity index (χ4n) is 3.62. The molecule has 5 aromatic rings. The second-order valence-corrected chi connectivity index (χ2v) is 6.48. The zero-order valence-corrected chi connectivity index (χ0v) is 12.8. The predicted octanol–water partition coefficient (Wildman–Crippen LogP) is 6.50. The summed E-state index contributed by atoms with van der Waals surface area (Å²) in [6.07, 6.45) is 0. The highest BCUT2D eigenvalue weighted by Gasteiger charge is 2.12. The molecule has 0 aliphatic heterocycles. The van der Waals surface area contributed by atoms with Gasteiger partial charge in [-0.1, -0.05) is 70.5 Å². The van der Waals surface area contributed by atoms with Crippen molar-refractivity contribution in [3.05, 3.63) is 71.2 Å². The molecule has 0 heterocycles. The molecule has 0 amide bonds. The van der Waals surface area contributed by atoms with Gasteiger partial charge in [-0.3, -0.25) is 0 Å². The summed E-state index contributed by atoms with van der Waals surface area (Å²) in [5, 5.41) is 10.7. The van der Waals surface area contributed by atoms with E-state index in [9.17, 15) is 0 Å². The van der Waals surface area contributed by atoms with Crippen LogP contribution in [0.5, 0.6) is 0 Å². The maximum absolute atomic E-state index is 3.66. The summed E-state index contributed by atoms with van der Waals surface area (Å²) in [6, 6.07) is 24.2. The molecule has 0 aromatic heterocycles. The van der Waals surface area contributed by atoms with Gasteiger partial charge in [-0.15, -0.1) is 0 Å². The lowest BCUT2D eigenvalue weighted by molar-refractivity contribution is 1.75. The van der Waals surface area contributed by atoms with E-state index in [-0.39, 0.29) is 0 Å². The molecule has 0 saturated heterocycles. The monoisotopic (exact) mass is 330 g/mol. The van der Waals surface area contributed by atoms with Crippen molar-refractivity contribution in [2.24, 2.45) is 0 Å². The van der Waals surface area contributed by atoms with E-state index in [4.69, 9.17) is 0 Å². The molecule has 5 aromatic carbocycles. The van der Waals surface area contributed by atoms with E-state index >= 15 is 0 Å². The van der Waals surface area contributed by atoms with Crippen LogP contribution in [0.25, 0.3) is 43.1 Å². The molecule has 1 heteroatoms. The Bertz CT molecular complexity index is 1130. The smallest absolute Gasteiger partial charge is 0.0187 e. The fraction of sp³-hybridized carbons (Fsp3) is 0. The second kappa shape index (κ2) is 3.96. The van der Waals surface area contributed by atoms with Gasteiger partial charge < -0.3 is 0 Å². The molecule has 0 spiro atoms. The van der Waals surface area contributed by atoms with Crippen molar-refractivity contribution in [2.45, 2.75) is 0 Å². The number of hydrogen-bond donors (Lipinski definition) is 0. The first kappa shape index (κ1) is 11.5. The minimum absolute atomic E-state index is 1.14. The van der Waals surface area contributed by atoms with Crippen LogP contribution in [0.2, 0.25) is 0 Å². The standard InChI is InChI=1S/C20H11Br/c21-14-10-13-6-3-8-16-15-7-1-4-12-5-2-9-17(19(12)15)18(11-14)20(13)16/h1-11H. The van der Waals surface area contributed by atoms with Gasteiger partial charge in [-0.25, -0.2) is 0 Å². The zero-order valence-electron chi connectivity index (χ0n) is 11.2. The first-order chi connectivity index (χ1) is 10.3. The molecule has 0 saturated carbocycles. The number of halogens is 1. The van der Waals surface area contributed by atoms with Crippen molar-refractivity contribution in [2.75, 3.05) is 0 Å². The van der Waals surface area contributed by atoms with Crippen molar-refractivity contribution in [3.63, 3.8) is 0 Å². The minimum Gasteiger partial charge on any atom is -0.0610 e. The van der Waals surface area contributed by atoms with Crippen LogP contribution in [0.3, 0.4) is 0 Å². The lowest BCUT2D eigenvalue weighted by atomic mass is 9.90. The van der Waals surface area contributed by atoms with Gasteiger partial charge in [0.2, 0.25) is 0 Å². The minimum atomic E-state index is 1.14. The van der Waals surface area contributed by atoms with E-state index in [1.54, 1.807) is 0 Å². The van der Waals surface area contributed by atoms with Crippen molar-refractivity contribution in [1.82, 2.24) is 0 Å². The summed E-state index contributed by atoms with van der Waals surface area (Å²) in [6.45, 7) is 0. The Morgan fingerprint density at radius 1 is 0.524 bits per heavy atom. The second-order valence-electron chi connectivity index (χ2n) is 5.57. The van der Waals surface area contributed by atoms with Gasteiger partial charge >= 0.3 is 0 Å². The van der Waals surface area contributed by atoms with Gasteiger partial charge in [0.05, 0.1) is 0 Å². The molecule has 0 fully saturated rings. The lowest BCUT2D eigenvalue weighted by Gasteiger charge is -2.14. The normalized spacial score (nSPS) is 12.0. The molecule has 0 radical (unpaired) electrons. The molecular weight excluding hydrogens is 320 g/mol. The maximum Gasteiger partial charge on any atom is 0.0187 e. The zero-order chi connectivity index (χ0) is 14.0. The van der Waals surface area contributed by atoms with Crippen LogP contribution in [0.4, 0.5) is 0 Å². The SMILES string of the molecule is Brc1cc2cccc3c4cccc5cccc(c(c1)c23)c54. The Hall–Kier alpha value is -2.12. The van der Waals surface area contributed by atoms with Gasteiger partial charge in [0.25, 0.3) is 0 Å². The molecular formula is C20H11Br. The topological polar surface area (TPSA) is 0 Å². The number of hydrogen-bond acceptors (Lipinski definition) is 0. The Morgan fingerprint density at radius 2 is 1.05 bits per heavy atom. The third-order valence-electron chi connectivity index (χ3n) is 4.43. The molecule has 0 N–H and O–H groups in total. The summed E-state index contributed by atoms with van der Waals surface area (Å²) >= 11 is 3.66. The predicted molar refractivity (Wildman–Crippen MR) is 95.4 cm³/mol. The maximum atomic E-state index is 3.66. The van der Waals surface area contributed by atoms with Crippen molar-refractivity contribution >= 4 is 59.0 Å². The molecule has 0 bridgehead atoms. The Morgan fingerprint density at radius 3 is 1.71 bits per heavy atom. The number of benzene rings is 5. The largest absolute Gasteiger partial charge is 0.0610 e. The van der Waals surface area contributed by atoms with E-state index in [0.29, 0.717) is 0 Å². The van der Waals surface area contributed by atoms with Crippen LogP contribution in [0, 0.1) is 0 Å². The van der Waals surface area contributed by atoms with Gasteiger partial charge in [0, 0.05) is 4.47 Å². The third-order valence-corrected chi connectivity index (χ3v) is 4.88. The first-order valence-electron chi connectivity index (χ1n) is 7.08. The fourth-order valence-corrected chi connectivity index (χ4v) is 4.09. The van der Waals surface area contributed by atoms with Crippen LogP contribution < -0.4 is 0 Å². The summed E-state index contributed by atoms with van der Waals surface area (Å²) < 4.78 is 1.14. The van der Waals surface area contributed by atoms with Crippen LogP contribution in [0.15, 0.2) is 71.2 Å². The van der Waals surface area contributed by atoms with Crippen LogP contribution >= 0.6 is 15.9 Å². The quantitative estimate of drug-likeness (QED) is 0.224. The molecule has 21 heavy (non-hydrogen) atoms. The Kier molecular flexibility index (Phi) is 2.17. The molecule has 0 atom stereocenters. The highest BCUT2D eigenvalue weighted by Crippen LogP contribution is 2.41. The average Bonchev–Trinajstić information content (AvgIpc) is 2.51. The van der Waals surface area contributed by atoms with E-state index < -0.39 is 0 Å². The molecule has 98 valence electrons. The van der Waals surface area contributed by atoms with Crippen molar-refractivity contribution in [1.29, 1.82) is 0 Å². The summed E-state index contributed by atoms with van der Waals surface area (Å²) in [4.78, 5) is 0. The van der Waals surface area contributed by atoms with Gasteiger partial charge in [-0.2, -0.15) is 0 Å². The summed E-state index contributed by atoms with van der Waals surface area (Å²) in [5.41, 5.74) is 0. The van der Waals surface area contributed by atoms with Gasteiger partial charge in [0.15, 0.2) is 0 Å². The van der Waals surface area contributed by atoms with Crippen LogP contribution in [-0.4, -0.2) is 0 Å². The number of rotatable bonds is 0. The highest BCUT2D eigenvalue weighted by atomic mass is 79.9. The lowest BCUT2D eigenvalue weighted by Crippen LogP contribution is -1.86. The Labute approximate surface area is 130 Å². The van der Waals surface area contributed by atoms with E-state index in [2.05, 4.69) is 82.7 Å². The average molecular weight is 331 g/mol. The van der Waals surface area contributed by atoms with E-state index in [1.807, 2.05) is 0 Å². The van der Waals surface area contributed by atoms with Gasteiger partial charge in [0.1, 0.15) is 0 Å². The van der Waals surface area contributed by atoms with Crippen LogP contribution in [-0.2, 0) is 0 Å². The van der Waals surface area contributed by atoms with Gasteiger partial charge in [-0.05, 0) is 55.2 Å². The van der Waals surface area contributed by atoms with E-state index in [1.165, 1.54) is 43.1 Å². The molecule has 0 aliphatic carbocycles. The van der Waals surface area contributed by atoms with Crippen LogP contribution in [0.1, 0.15) is 0 Å². The summed E-state index contributed by atoms with van der Waals surface area (Å²) in [5.74, 6) is 0. The van der Waals surface area contributed by atoms with Crippen molar-refractivity contribution < 1.29 is 0 Å². The first-order valence-corrected chi connectivity index (χ1v) is 7.87. The summed E-state index contributed by atoms with van der Waals surface area (Å²) in [7, 11) is 0. The number of fused-ring (bicyclic) bond motifs is 2. The molecule has 5 rings (SSSR count). The third kappa shape index (κ3) is 1.44. The van der Waals surface area contributed by atoms with Crippen molar-refractivity contribution in [3.8, 4) is 0 Å².